The third-order valence-corrected chi connectivity index (χ3v) is 5.75. The monoisotopic (exact) mass is 427 g/mol. The smallest absolute Gasteiger partial charge is 0.326 e. The number of carboxylic acid groups (broad SMARTS) is 1. The summed E-state index contributed by atoms with van der Waals surface area (Å²) in [4.78, 5) is 30.4. The van der Waals surface area contributed by atoms with E-state index in [9.17, 15) is 19.8 Å². The van der Waals surface area contributed by atoms with Crippen LogP contribution in [0.15, 0.2) is 36.4 Å². The van der Waals surface area contributed by atoms with Crippen molar-refractivity contribution in [1.82, 2.24) is 4.98 Å². The fourth-order valence-corrected chi connectivity index (χ4v) is 4.07. The van der Waals surface area contributed by atoms with Gasteiger partial charge in [-0.25, -0.2) is 4.79 Å². The molecule has 0 bridgehead atoms. The van der Waals surface area contributed by atoms with Crippen molar-refractivity contribution in [2.45, 2.75) is 51.5 Å². The Bertz CT molecular complexity index is 939. The molecule has 3 N–H and O–H groups in total. The molecule has 1 aliphatic rings. The molecule has 0 saturated heterocycles. The van der Waals surface area contributed by atoms with Crippen LogP contribution in [0.1, 0.15) is 51.0 Å². The fraction of sp³-hybridized carbons (Fsp3) is 0.435. The lowest BCUT2D eigenvalue weighted by molar-refractivity contribution is -0.142. The minimum absolute atomic E-state index is 0.149. The number of ether oxygens (including phenoxy) is 1. The van der Waals surface area contributed by atoms with Gasteiger partial charge in [0, 0.05) is 17.8 Å². The van der Waals surface area contributed by atoms with Gasteiger partial charge in [-0.1, -0.05) is 32.0 Å². The van der Waals surface area contributed by atoms with E-state index in [0.717, 1.165) is 11.3 Å². The van der Waals surface area contributed by atoms with Gasteiger partial charge in [-0.3, -0.25) is 9.69 Å². The van der Waals surface area contributed by atoms with Crippen molar-refractivity contribution < 1.29 is 24.5 Å². The molecule has 166 valence electrons. The number of pyridine rings is 1. The van der Waals surface area contributed by atoms with Crippen LogP contribution in [0.25, 0.3) is 0 Å². The number of carbonyl (C=O) groups excluding carboxylic acids is 1. The van der Waals surface area contributed by atoms with Crippen LogP contribution in [0, 0.1) is 5.92 Å². The molecule has 1 aromatic carbocycles. The number of aliphatic carboxylic acids is 1. The predicted octanol–water partition coefficient (Wildman–Crippen LogP) is 4.60. The number of carboxylic acids is 1. The first-order chi connectivity index (χ1) is 14.8. The second-order valence-electron chi connectivity index (χ2n) is 8.08. The molecule has 2 amide bonds. The first kappa shape index (κ1) is 22.4. The van der Waals surface area contributed by atoms with E-state index >= 15 is 0 Å². The number of anilines is 2. The first-order valence-corrected chi connectivity index (χ1v) is 10.5. The number of amides is 2. The standard InChI is InChI=1S/C23H29N3O5/c1-14(2)17-6-4-5-7-19(17)26(16-10-8-15(9-11-16)22(28)29)23(30)24-18-12-13-20(31-3)25-21(18)27/h4-7,12-16H,8-11H2,1-3H3,(H,24,30)(H,25,27)(H,28,29). The number of urea groups is 1. The molecule has 31 heavy (non-hydrogen) atoms. The summed E-state index contributed by atoms with van der Waals surface area (Å²) < 4.78 is 5.00. The summed E-state index contributed by atoms with van der Waals surface area (Å²) in [5.74, 6) is -1.07. The molecule has 1 heterocycles. The van der Waals surface area contributed by atoms with Crippen LogP contribution in [0.2, 0.25) is 0 Å². The normalized spacial score (nSPS) is 18.5. The van der Waals surface area contributed by atoms with Crippen LogP contribution in [-0.2, 0) is 4.79 Å². The highest BCUT2D eigenvalue weighted by Gasteiger charge is 2.34. The second kappa shape index (κ2) is 9.68. The number of aromatic hydroxyl groups is 1. The fourth-order valence-electron chi connectivity index (χ4n) is 4.07. The van der Waals surface area contributed by atoms with E-state index in [1.54, 1.807) is 11.0 Å². The summed E-state index contributed by atoms with van der Waals surface area (Å²) in [7, 11) is 1.44. The van der Waals surface area contributed by atoms with Crippen LogP contribution in [-0.4, -0.2) is 40.3 Å². The van der Waals surface area contributed by atoms with Crippen LogP contribution in [0.5, 0.6) is 11.8 Å². The summed E-state index contributed by atoms with van der Waals surface area (Å²) in [6, 6.07) is 10.3. The maximum atomic E-state index is 13.4. The van der Waals surface area contributed by atoms with Crippen molar-refractivity contribution in [2.24, 2.45) is 5.92 Å². The van der Waals surface area contributed by atoms with Gasteiger partial charge in [-0.2, -0.15) is 4.98 Å². The van der Waals surface area contributed by atoms with Gasteiger partial charge in [0.15, 0.2) is 0 Å². The number of benzene rings is 1. The largest absolute Gasteiger partial charge is 0.492 e. The average molecular weight is 428 g/mol. The highest BCUT2D eigenvalue weighted by molar-refractivity contribution is 6.03. The van der Waals surface area contributed by atoms with Crippen molar-refractivity contribution in [3.05, 3.63) is 42.0 Å². The number of aromatic nitrogens is 1. The van der Waals surface area contributed by atoms with Gasteiger partial charge in [0.05, 0.1) is 13.0 Å². The Morgan fingerprint density at radius 1 is 1.13 bits per heavy atom. The Morgan fingerprint density at radius 3 is 2.39 bits per heavy atom. The molecule has 2 aromatic rings. The van der Waals surface area contributed by atoms with Gasteiger partial charge in [0.1, 0.15) is 5.69 Å². The average Bonchev–Trinajstić information content (AvgIpc) is 2.76. The van der Waals surface area contributed by atoms with Crippen LogP contribution in [0.3, 0.4) is 0 Å². The number of para-hydroxylation sites is 1. The van der Waals surface area contributed by atoms with Gasteiger partial charge in [-0.05, 0) is 49.3 Å². The summed E-state index contributed by atoms with van der Waals surface area (Å²) in [6.45, 7) is 4.13. The highest BCUT2D eigenvalue weighted by Crippen LogP contribution is 2.35. The Kier molecular flexibility index (Phi) is 6.99. The number of nitrogens with zero attached hydrogens (tertiary/aromatic N) is 2. The topological polar surface area (TPSA) is 112 Å². The number of hydrogen-bond acceptors (Lipinski definition) is 5. The molecular weight excluding hydrogens is 398 g/mol. The van der Waals surface area contributed by atoms with E-state index in [0.29, 0.717) is 25.7 Å². The number of carbonyl (C=O) groups is 2. The number of rotatable bonds is 6. The maximum Gasteiger partial charge on any atom is 0.326 e. The molecule has 1 aromatic heterocycles. The van der Waals surface area contributed by atoms with Gasteiger partial charge < -0.3 is 20.3 Å². The van der Waals surface area contributed by atoms with Crippen molar-refractivity contribution in [3.63, 3.8) is 0 Å². The van der Waals surface area contributed by atoms with Gasteiger partial charge in [0.2, 0.25) is 11.8 Å². The molecule has 8 heteroatoms. The molecule has 0 atom stereocenters. The maximum absolute atomic E-state index is 13.4. The van der Waals surface area contributed by atoms with E-state index in [1.807, 2.05) is 24.3 Å². The SMILES string of the molecule is COc1ccc(NC(=O)N(c2ccccc2C(C)C)C2CCC(C(=O)O)CC2)c(O)n1. The Balaban J connectivity index is 1.93. The predicted molar refractivity (Wildman–Crippen MR) is 118 cm³/mol. The van der Waals surface area contributed by atoms with Crippen molar-refractivity contribution in [2.75, 3.05) is 17.3 Å². The summed E-state index contributed by atoms with van der Waals surface area (Å²) in [5, 5.41) is 22.3. The number of hydrogen-bond donors (Lipinski definition) is 3. The van der Waals surface area contributed by atoms with Crippen molar-refractivity contribution in [1.29, 1.82) is 0 Å². The minimum atomic E-state index is -0.786. The Hall–Kier alpha value is -3.29. The summed E-state index contributed by atoms with van der Waals surface area (Å²) >= 11 is 0. The first-order valence-electron chi connectivity index (χ1n) is 10.5. The molecular formula is C23H29N3O5. The molecule has 1 saturated carbocycles. The molecule has 1 aliphatic carbocycles. The zero-order valence-corrected chi connectivity index (χ0v) is 18.0. The molecule has 0 unspecified atom stereocenters. The number of nitrogens with one attached hydrogen (secondary N) is 1. The van der Waals surface area contributed by atoms with Gasteiger partial charge in [0.25, 0.3) is 0 Å². The second-order valence-corrected chi connectivity index (χ2v) is 8.08. The quantitative estimate of drug-likeness (QED) is 0.621. The molecule has 0 radical (unpaired) electrons. The van der Waals surface area contributed by atoms with Crippen molar-refractivity contribution in [3.8, 4) is 11.8 Å². The van der Waals surface area contributed by atoms with Gasteiger partial charge >= 0.3 is 12.0 Å². The summed E-state index contributed by atoms with van der Waals surface area (Å²) in [5.41, 5.74) is 1.99. The summed E-state index contributed by atoms with van der Waals surface area (Å²) in [6.07, 6.45) is 2.21. The van der Waals surface area contributed by atoms with E-state index < -0.39 is 12.0 Å². The molecule has 8 nitrogen and oxygen atoms in total. The molecule has 0 aliphatic heterocycles. The van der Waals surface area contributed by atoms with Crippen LogP contribution < -0.4 is 15.0 Å². The van der Waals surface area contributed by atoms with Crippen LogP contribution >= 0.6 is 0 Å². The molecule has 3 rings (SSSR count). The van der Waals surface area contributed by atoms with E-state index in [-0.39, 0.29) is 35.3 Å². The van der Waals surface area contributed by atoms with E-state index in [2.05, 4.69) is 24.1 Å². The van der Waals surface area contributed by atoms with Crippen LogP contribution in [0.4, 0.5) is 16.2 Å². The third kappa shape index (κ3) is 5.07. The third-order valence-electron chi connectivity index (χ3n) is 5.75. The minimum Gasteiger partial charge on any atom is -0.492 e. The zero-order valence-electron chi connectivity index (χ0n) is 18.0. The van der Waals surface area contributed by atoms with Crippen molar-refractivity contribution >= 4 is 23.4 Å². The Morgan fingerprint density at radius 2 is 1.81 bits per heavy atom. The van der Waals surface area contributed by atoms with E-state index in [4.69, 9.17) is 4.74 Å². The lowest BCUT2D eigenvalue weighted by Crippen LogP contribution is -2.46. The highest BCUT2D eigenvalue weighted by atomic mass is 16.5. The Labute approximate surface area is 181 Å². The molecule has 0 spiro atoms. The lowest BCUT2D eigenvalue weighted by atomic mass is 9.85. The zero-order chi connectivity index (χ0) is 22.5. The van der Waals surface area contributed by atoms with Gasteiger partial charge in [-0.15, -0.1) is 0 Å². The molecule has 1 fully saturated rings. The number of methoxy groups -OCH3 is 1. The van der Waals surface area contributed by atoms with E-state index in [1.165, 1.54) is 13.2 Å². The lowest BCUT2D eigenvalue weighted by Gasteiger charge is -2.37.